The fourth-order valence-electron chi connectivity index (χ4n) is 3.17. The molecule has 0 radical (unpaired) electrons. The Kier molecular flexibility index (Phi) is 4.56. The highest BCUT2D eigenvalue weighted by Gasteiger charge is 2.33. The highest BCUT2D eigenvalue weighted by molar-refractivity contribution is 4.84. The van der Waals surface area contributed by atoms with Gasteiger partial charge in [0.15, 0.2) is 0 Å². The second-order valence-electron chi connectivity index (χ2n) is 7.43. The molecule has 2 heterocycles. The number of hydrogen-bond donors (Lipinski definition) is 1. The Balaban J connectivity index is 1.69. The van der Waals surface area contributed by atoms with Crippen LogP contribution in [0.15, 0.2) is 0 Å². The molecular formula is C15H30N2O2. The van der Waals surface area contributed by atoms with E-state index in [9.17, 15) is 5.11 Å². The van der Waals surface area contributed by atoms with E-state index in [0.717, 1.165) is 39.3 Å². The van der Waals surface area contributed by atoms with Crippen molar-refractivity contribution in [2.45, 2.75) is 57.8 Å². The smallest absolute Gasteiger partial charge is 0.0718 e. The molecule has 0 saturated carbocycles. The zero-order chi connectivity index (χ0) is 14.1. The lowest BCUT2D eigenvalue weighted by molar-refractivity contribution is -0.0377. The van der Waals surface area contributed by atoms with Gasteiger partial charge >= 0.3 is 0 Å². The Morgan fingerprint density at radius 2 is 1.74 bits per heavy atom. The first-order chi connectivity index (χ1) is 8.73. The molecule has 1 unspecified atom stereocenters. The summed E-state index contributed by atoms with van der Waals surface area (Å²) in [5, 5.41) is 9.85. The average molecular weight is 270 g/mol. The van der Waals surface area contributed by atoms with E-state index in [1.807, 2.05) is 13.8 Å². The van der Waals surface area contributed by atoms with Crippen molar-refractivity contribution < 1.29 is 9.84 Å². The Morgan fingerprint density at radius 1 is 1.16 bits per heavy atom. The highest BCUT2D eigenvalue weighted by Crippen LogP contribution is 2.29. The molecule has 0 aromatic heterocycles. The van der Waals surface area contributed by atoms with Gasteiger partial charge in [-0.05, 0) is 40.5 Å². The number of aliphatic hydroxyl groups is 1. The Hall–Kier alpha value is -0.160. The van der Waals surface area contributed by atoms with Crippen LogP contribution in [0, 0.1) is 0 Å². The van der Waals surface area contributed by atoms with E-state index in [1.54, 1.807) is 0 Å². The van der Waals surface area contributed by atoms with Crippen LogP contribution in [0.5, 0.6) is 0 Å². The molecule has 0 aliphatic carbocycles. The third-order valence-electron chi connectivity index (χ3n) is 4.09. The van der Waals surface area contributed by atoms with Gasteiger partial charge in [-0.1, -0.05) is 0 Å². The number of nitrogens with zero attached hydrogens (tertiary/aromatic N) is 2. The molecule has 4 nitrogen and oxygen atoms in total. The molecule has 0 amide bonds. The van der Waals surface area contributed by atoms with Crippen LogP contribution in [-0.4, -0.2) is 71.5 Å². The summed E-state index contributed by atoms with van der Waals surface area (Å²) >= 11 is 0. The van der Waals surface area contributed by atoms with Gasteiger partial charge in [-0.2, -0.15) is 0 Å². The second-order valence-corrected chi connectivity index (χ2v) is 7.43. The van der Waals surface area contributed by atoms with Crippen molar-refractivity contribution >= 4 is 0 Å². The van der Waals surface area contributed by atoms with E-state index in [2.05, 4.69) is 23.6 Å². The van der Waals surface area contributed by atoms with Crippen molar-refractivity contribution in [3.8, 4) is 0 Å². The molecule has 19 heavy (non-hydrogen) atoms. The third kappa shape index (κ3) is 5.03. The SMILES string of the molecule is CC(C)(O)CN1CCN(CC2CCC(C)(C)O2)CC1. The number of ether oxygens (including phenoxy) is 1. The van der Waals surface area contributed by atoms with Gasteiger partial charge in [0.25, 0.3) is 0 Å². The largest absolute Gasteiger partial charge is 0.389 e. The van der Waals surface area contributed by atoms with Crippen molar-refractivity contribution in [3.05, 3.63) is 0 Å². The fourth-order valence-corrected chi connectivity index (χ4v) is 3.17. The van der Waals surface area contributed by atoms with E-state index in [-0.39, 0.29) is 5.60 Å². The Bertz CT molecular complexity index is 291. The molecule has 4 heteroatoms. The molecule has 1 atom stereocenters. The quantitative estimate of drug-likeness (QED) is 0.836. The number of rotatable bonds is 4. The number of piperazine rings is 1. The van der Waals surface area contributed by atoms with Crippen LogP contribution in [0.3, 0.4) is 0 Å². The minimum Gasteiger partial charge on any atom is -0.389 e. The topological polar surface area (TPSA) is 35.9 Å². The van der Waals surface area contributed by atoms with Crippen LogP contribution in [0.2, 0.25) is 0 Å². The lowest BCUT2D eigenvalue weighted by Crippen LogP contribution is -2.51. The molecule has 1 N–H and O–H groups in total. The van der Waals surface area contributed by atoms with E-state index in [4.69, 9.17) is 4.74 Å². The summed E-state index contributed by atoms with van der Waals surface area (Å²) < 4.78 is 6.06. The van der Waals surface area contributed by atoms with Crippen molar-refractivity contribution in [2.24, 2.45) is 0 Å². The van der Waals surface area contributed by atoms with Crippen molar-refractivity contribution in [3.63, 3.8) is 0 Å². The molecule has 0 bridgehead atoms. The van der Waals surface area contributed by atoms with Crippen molar-refractivity contribution in [2.75, 3.05) is 39.3 Å². The molecule has 2 fully saturated rings. The molecular weight excluding hydrogens is 240 g/mol. The lowest BCUT2D eigenvalue weighted by Gasteiger charge is -2.38. The zero-order valence-electron chi connectivity index (χ0n) is 13.0. The summed E-state index contributed by atoms with van der Waals surface area (Å²) in [4.78, 5) is 4.86. The summed E-state index contributed by atoms with van der Waals surface area (Å²) in [5.74, 6) is 0. The fraction of sp³-hybridized carbons (Fsp3) is 1.00. The van der Waals surface area contributed by atoms with Crippen molar-refractivity contribution in [1.29, 1.82) is 0 Å². The maximum atomic E-state index is 9.85. The Labute approximate surface area is 117 Å². The zero-order valence-corrected chi connectivity index (χ0v) is 13.0. The first-order valence-corrected chi connectivity index (χ1v) is 7.58. The van der Waals surface area contributed by atoms with E-state index < -0.39 is 5.60 Å². The van der Waals surface area contributed by atoms with Crippen LogP contribution in [0.25, 0.3) is 0 Å². The predicted octanol–water partition coefficient (Wildman–Crippen LogP) is 1.33. The summed E-state index contributed by atoms with van der Waals surface area (Å²) in [6, 6.07) is 0. The Morgan fingerprint density at radius 3 is 2.21 bits per heavy atom. The van der Waals surface area contributed by atoms with Gasteiger partial charge in [0.1, 0.15) is 0 Å². The standard InChI is InChI=1S/C15H30N2O2/c1-14(2,18)12-17-9-7-16(8-10-17)11-13-5-6-15(3,4)19-13/h13,18H,5-12H2,1-4H3. The van der Waals surface area contributed by atoms with Gasteiger partial charge in [0, 0.05) is 39.3 Å². The van der Waals surface area contributed by atoms with Gasteiger partial charge < -0.3 is 9.84 Å². The van der Waals surface area contributed by atoms with Gasteiger partial charge in [-0.15, -0.1) is 0 Å². The van der Waals surface area contributed by atoms with Gasteiger partial charge in [-0.25, -0.2) is 0 Å². The molecule has 2 aliphatic heterocycles. The molecule has 2 saturated heterocycles. The third-order valence-corrected chi connectivity index (χ3v) is 4.09. The van der Waals surface area contributed by atoms with Gasteiger partial charge in [0.2, 0.25) is 0 Å². The summed E-state index contributed by atoms with van der Waals surface area (Å²) in [7, 11) is 0. The van der Waals surface area contributed by atoms with Crippen LogP contribution < -0.4 is 0 Å². The van der Waals surface area contributed by atoms with Crippen LogP contribution in [0.4, 0.5) is 0 Å². The van der Waals surface area contributed by atoms with E-state index >= 15 is 0 Å². The highest BCUT2D eigenvalue weighted by atomic mass is 16.5. The average Bonchev–Trinajstić information content (AvgIpc) is 2.59. The molecule has 2 aliphatic rings. The summed E-state index contributed by atoms with van der Waals surface area (Å²) in [5.41, 5.74) is -0.506. The van der Waals surface area contributed by atoms with E-state index in [1.165, 1.54) is 12.8 Å². The molecule has 0 aromatic rings. The normalized spacial score (nSPS) is 29.8. The molecule has 0 aromatic carbocycles. The van der Waals surface area contributed by atoms with Crippen LogP contribution in [-0.2, 0) is 4.74 Å². The minimum atomic E-state index is -0.583. The lowest BCUT2D eigenvalue weighted by atomic mass is 10.1. The summed E-state index contributed by atoms with van der Waals surface area (Å²) in [6.07, 6.45) is 2.78. The van der Waals surface area contributed by atoms with Crippen molar-refractivity contribution in [1.82, 2.24) is 9.80 Å². The molecule has 112 valence electrons. The van der Waals surface area contributed by atoms with Crippen LogP contribution in [0.1, 0.15) is 40.5 Å². The monoisotopic (exact) mass is 270 g/mol. The maximum Gasteiger partial charge on any atom is 0.0718 e. The second kappa shape index (κ2) is 5.68. The van der Waals surface area contributed by atoms with E-state index in [0.29, 0.717) is 6.10 Å². The number of hydrogen-bond acceptors (Lipinski definition) is 4. The van der Waals surface area contributed by atoms with Gasteiger partial charge in [0.05, 0.1) is 17.3 Å². The first kappa shape index (κ1) is 15.2. The maximum absolute atomic E-state index is 9.85. The number of β-amino-alcohol motifs (C(OH)–C–C–N with tert-alkyl or cyclic N) is 1. The molecule has 0 spiro atoms. The predicted molar refractivity (Wildman–Crippen MR) is 77.4 cm³/mol. The summed E-state index contributed by atoms with van der Waals surface area (Å²) in [6.45, 7) is 14.3. The first-order valence-electron chi connectivity index (χ1n) is 7.58. The molecule has 2 rings (SSSR count). The minimum absolute atomic E-state index is 0.0768. The van der Waals surface area contributed by atoms with Gasteiger partial charge in [-0.3, -0.25) is 9.80 Å². The van der Waals surface area contributed by atoms with Crippen LogP contribution >= 0.6 is 0 Å².